The van der Waals surface area contributed by atoms with Gasteiger partial charge < -0.3 is 5.32 Å². The van der Waals surface area contributed by atoms with Crippen LogP contribution in [0.1, 0.15) is 29.9 Å². The Kier molecular flexibility index (Phi) is 5.51. The van der Waals surface area contributed by atoms with Crippen molar-refractivity contribution >= 4 is 28.7 Å². The molecule has 2 heterocycles. The van der Waals surface area contributed by atoms with Crippen LogP contribution in [0.15, 0.2) is 41.3 Å². The third-order valence-electron chi connectivity index (χ3n) is 3.92. The van der Waals surface area contributed by atoms with Gasteiger partial charge in [0, 0.05) is 24.3 Å². The van der Waals surface area contributed by atoms with Crippen LogP contribution in [-0.4, -0.2) is 20.4 Å². The minimum atomic E-state index is -0.622. The summed E-state index contributed by atoms with van der Waals surface area (Å²) in [5, 5.41) is 2.82. The lowest BCUT2D eigenvalue weighted by molar-refractivity contribution is 0.0944. The van der Waals surface area contributed by atoms with Gasteiger partial charge >= 0.3 is 0 Å². The zero-order valence-corrected chi connectivity index (χ0v) is 15.6. The summed E-state index contributed by atoms with van der Waals surface area (Å²) in [5.74, 6) is -0.900. The van der Waals surface area contributed by atoms with Crippen molar-refractivity contribution in [2.24, 2.45) is 5.92 Å². The van der Waals surface area contributed by atoms with Gasteiger partial charge in [0.25, 0.3) is 11.5 Å². The van der Waals surface area contributed by atoms with Crippen molar-refractivity contribution in [2.75, 3.05) is 0 Å². The Morgan fingerprint density at radius 2 is 2.11 bits per heavy atom. The molecule has 6 nitrogen and oxygen atoms in total. The fraction of sp³-hybridized carbons (Fsp3) is 0.263. The third-order valence-corrected chi connectivity index (χ3v) is 4.27. The summed E-state index contributed by atoms with van der Waals surface area (Å²) in [6, 6.07) is 7.29. The van der Waals surface area contributed by atoms with E-state index in [1.165, 1.54) is 22.8 Å². The number of hydrogen-bond acceptors (Lipinski definition) is 4. The normalized spacial score (nSPS) is 11.1. The molecule has 1 aromatic carbocycles. The predicted octanol–water partition coefficient (Wildman–Crippen LogP) is 3.17. The molecule has 0 aliphatic carbocycles. The zero-order valence-electron chi connectivity index (χ0n) is 14.9. The van der Waals surface area contributed by atoms with Gasteiger partial charge in [-0.1, -0.05) is 31.5 Å². The molecular weight excluding hydrogens is 371 g/mol. The maximum atomic E-state index is 13.1. The Balaban J connectivity index is 1.94. The fourth-order valence-electron chi connectivity index (χ4n) is 2.68. The highest BCUT2D eigenvalue weighted by Crippen LogP contribution is 2.17. The van der Waals surface area contributed by atoms with Crippen molar-refractivity contribution in [3.05, 3.63) is 69.0 Å². The third kappa shape index (κ3) is 4.14. The predicted molar refractivity (Wildman–Crippen MR) is 101 cm³/mol. The van der Waals surface area contributed by atoms with Crippen LogP contribution in [-0.2, 0) is 13.1 Å². The summed E-state index contributed by atoms with van der Waals surface area (Å²) in [6.07, 6.45) is 1.58. The summed E-state index contributed by atoms with van der Waals surface area (Å²) < 4.78 is 14.6. The number of nitrogens with one attached hydrogen (secondary N) is 1. The standard InChI is InChI=1S/C19H18ClFN4O2/c1-11(2)10-25-17-15(4-3-7-22-17)24-16(19(25)27)18(26)23-9-12-5-6-13(21)8-14(12)20/h3-8,11H,9-10H2,1-2H3,(H,23,26). The molecule has 0 aliphatic heterocycles. The monoisotopic (exact) mass is 388 g/mol. The first-order valence-corrected chi connectivity index (χ1v) is 8.82. The van der Waals surface area contributed by atoms with E-state index in [4.69, 9.17) is 11.6 Å². The van der Waals surface area contributed by atoms with E-state index in [1.54, 1.807) is 18.3 Å². The minimum Gasteiger partial charge on any atom is -0.346 e. The molecule has 3 aromatic rings. The average molecular weight is 389 g/mol. The van der Waals surface area contributed by atoms with Crippen LogP contribution in [0.5, 0.6) is 0 Å². The fourth-order valence-corrected chi connectivity index (χ4v) is 2.92. The van der Waals surface area contributed by atoms with Gasteiger partial charge in [0.15, 0.2) is 11.3 Å². The Morgan fingerprint density at radius 3 is 2.81 bits per heavy atom. The second-order valence-electron chi connectivity index (χ2n) is 6.53. The molecule has 140 valence electrons. The molecule has 1 N–H and O–H groups in total. The number of pyridine rings is 1. The van der Waals surface area contributed by atoms with E-state index in [1.807, 2.05) is 13.8 Å². The van der Waals surface area contributed by atoms with E-state index in [0.29, 0.717) is 23.3 Å². The van der Waals surface area contributed by atoms with Crippen LogP contribution in [0, 0.1) is 11.7 Å². The van der Waals surface area contributed by atoms with Crippen molar-refractivity contribution in [1.82, 2.24) is 19.9 Å². The Hall–Kier alpha value is -2.80. The van der Waals surface area contributed by atoms with Gasteiger partial charge in [-0.15, -0.1) is 0 Å². The van der Waals surface area contributed by atoms with E-state index >= 15 is 0 Å². The molecule has 2 aromatic heterocycles. The molecule has 0 fully saturated rings. The highest BCUT2D eigenvalue weighted by molar-refractivity contribution is 6.31. The van der Waals surface area contributed by atoms with Crippen LogP contribution in [0.4, 0.5) is 4.39 Å². The molecule has 27 heavy (non-hydrogen) atoms. The maximum absolute atomic E-state index is 13.1. The molecule has 0 unspecified atom stereocenters. The quantitative estimate of drug-likeness (QED) is 0.728. The van der Waals surface area contributed by atoms with Crippen molar-refractivity contribution < 1.29 is 9.18 Å². The van der Waals surface area contributed by atoms with E-state index in [0.717, 1.165) is 0 Å². The number of aromatic nitrogens is 3. The van der Waals surface area contributed by atoms with Gasteiger partial charge in [-0.2, -0.15) is 0 Å². The molecule has 0 radical (unpaired) electrons. The van der Waals surface area contributed by atoms with Crippen molar-refractivity contribution in [1.29, 1.82) is 0 Å². The smallest absolute Gasteiger partial charge is 0.283 e. The first kappa shape index (κ1) is 19.0. The highest BCUT2D eigenvalue weighted by Gasteiger charge is 2.19. The molecule has 0 saturated carbocycles. The van der Waals surface area contributed by atoms with Gasteiger partial charge in [-0.05, 0) is 35.7 Å². The number of carbonyl (C=O) groups excluding carboxylic acids is 1. The lowest BCUT2D eigenvalue weighted by atomic mass is 10.2. The van der Waals surface area contributed by atoms with Gasteiger partial charge in [-0.25, -0.2) is 14.4 Å². The van der Waals surface area contributed by atoms with E-state index < -0.39 is 17.3 Å². The second kappa shape index (κ2) is 7.84. The first-order chi connectivity index (χ1) is 12.9. The number of halogens is 2. The SMILES string of the molecule is CC(C)Cn1c(=O)c(C(=O)NCc2ccc(F)cc2Cl)nc2cccnc21. The van der Waals surface area contributed by atoms with Crippen molar-refractivity contribution in [3.63, 3.8) is 0 Å². The van der Waals surface area contributed by atoms with Crippen LogP contribution in [0.25, 0.3) is 11.2 Å². The molecule has 0 bridgehead atoms. The molecule has 8 heteroatoms. The number of carbonyl (C=O) groups is 1. The molecule has 0 aliphatic rings. The highest BCUT2D eigenvalue weighted by atomic mass is 35.5. The largest absolute Gasteiger partial charge is 0.346 e. The Labute approximate surface area is 160 Å². The Morgan fingerprint density at radius 1 is 1.33 bits per heavy atom. The average Bonchev–Trinajstić information content (AvgIpc) is 2.62. The molecule has 0 saturated heterocycles. The number of rotatable bonds is 5. The van der Waals surface area contributed by atoms with Gasteiger partial charge in [-0.3, -0.25) is 14.2 Å². The van der Waals surface area contributed by atoms with Gasteiger partial charge in [0.05, 0.1) is 0 Å². The van der Waals surface area contributed by atoms with Gasteiger partial charge in [0.2, 0.25) is 0 Å². The molecule has 0 atom stereocenters. The maximum Gasteiger partial charge on any atom is 0.283 e. The van der Waals surface area contributed by atoms with E-state index in [-0.39, 0.29) is 23.2 Å². The minimum absolute atomic E-state index is 0.0499. The number of amides is 1. The summed E-state index contributed by atoms with van der Waals surface area (Å²) in [5.41, 5.74) is 0.723. The van der Waals surface area contributed by atoms with E-state index in [2.05, 4.69) is 15.3 Å². The number of fused-ring (bicyclic) bond motifs is 1. The topological polar surface area (TPSA) is 76.9 Å². The molecule has 1 amide bonds. The molecular formula is C19H18ClFN4O2. The number of nitrogens with zero attached hydrogens (tertiary/aromatic N) is 3. The van der Waals surface area contributed by atoms with Crippen LogP contribution in [0.2, 0.25) is 5.02 Å². The number of hydrogen-bond donors (Lipinski definition) is 1. The summed E-state index contributed by atoms with van der Waals surface area (Å²) in [4.78, 5) is 33.8. The zero-order chi connectivity index (χ0) is 19.6. The number of benzene rings is 1. The lowest BCUT2D eigenvalue weighted by Crippen LogP contribution is -2.35. The van der Waals surface area contributed by atoms with E-state index in [9.17, 15) is 14.0 Å². The molecule has 0 spiro atoms. The summed E-state index contributed by atoms with van der Waals surface area (Å²) >= 11 is 5.97. The first-order valence-electron chi connectivity index (χ1n) is 8.44. The summed E-state index contributed by atoms with van der Waals surface area (Å²) in [7, 11) is 0. The Bertz CT molecular complexity index is 1070. The van der Waals surface area contributed by atoms with Crippen molar-refractivity contribution in [2.45, 2.75) is 26.9 Å². The van der Waals surface area contributed by atoms with Crippen LogP contribution in [0.3, 0.4) is 0 Å². The van der Waals surface area contributed by atoms with Crippen LogP contribution >= 0.6 is 11.6 Å². The van der Waals surface area contributed by atoms with Gasteiger partial charge in [0.1, 0.15) is 11.3 Å². The van der Waals surface area contributed by atoms with Crippen LogP contribution < -0.4 is 10.9 Å². The second-order valence-corrected chi connectivity index (χ2v) is 6.94. The van der Waals surface area contributed by atoms with Crippen molar-refractivity contribution in [3.8, 4) is 0 Å². The summed E-state index contributed by atoms with van der Waals surface area (Å²) in [6.45, 7) is 4.41. The molecule has 3 rings (SSSR count). The lowest BCUT2D eigenvalue weighted by Gasteiger charge is -2.13.